The van der Waals surface area contributed by atoms with Gasteiger partial charge >= 0.3 is 6.18 Å². The van der Waals surface area contributed by atoms with Crippen molar-refractivity contribution < 1.29 is 18.0 Å². The van der Waals surface area contributed by atoms with Gasteiger partial charge in [-0.05, 0) is 11.6 Å². The van der Waals surface area contributed by atoms with Crippen molar-refractivity contribution in [2.75, 3.05) is 0 Å². The number of carbonyl (C=O) groups is 1. The number of pyridine rings is 1. The van der Waals surface area contributed by atoms with Gasteiger partial charge in [-0.3, -0.25) is 9.78 Å². The van der Waals surface area contributed by atoms with E-state index in [1.807, 2.05) is 0 Å². The van der Waals surface area contributed by atoms with Crippen molar-refractivity contribution in [2.24, 2.45) is 5.92 Å². The predicted octanol–water partition coefficient (Wildman–Crippen LogP) is 2.60. The summed E-state index contributed by atoms with van der Waals surface area (Å²) < 4.78 is 37.6. The van der Waals surface area contributed by atoms with Crippen LogP contribution in [0, 0.1) is 5.92 Å². The average Bonchev–Trinajstić information content (AvgIpc) is 2.68. The van der Waals surface area contributed by atoms with Crippen LogP contribution in [0.1, 0.15) is 30.7 Å². The Morgan fingerprint density at radius 2 is 2.06 bits per heavy atom. The Hall–Kier alpha value is -1.59. The molecule has 0 unspecified atom stereocenters. The molecule has 18 heavy (non-hydrogen) atoms. The molecule has 0 aliphatic carbocycles. The molecule has 3 nitrogen and oxygen atoms in total. The molecule has 1 amide bonds. The highest BCUT2D eigenvalue weighted by Gasteiger charge is 2.34. The highest BCUT2D eigenvalue weighted by molar-refractivity contribution is 5.78. The summed E-state index contributed by atoms with van der Waals surface area (Å²) in [6, 6.07) is 1.08. The lowest BCUT2D eigenvalue weighted by Gasteiger charge is -2.17. The zero-order valence-electron chi connectivity index (χ0n) is 10.1. The number of amides is 1. The molecule has 1 aliphatic heterocycles. The standard InChI is InChI=1S/C12H13F3N2O/c1-7(2)11(18)17-5-8-3-9(12(13,14)15)4-16-10(8)6-17/h3-4,7H,5-6H2,1-2H3. The molecule has 6 heteroatoms. The summed E-state index contributed by atoms with van der Waals surface area (Å²) in [5.41, 5.74) is 0.274. The number of rotatable bonds is 1. The van der Waals surface area contributed by atoms with Crippen LogP contribution in [-0.2, 0) is 24.1 Å². The molecule has 0 atom stereocenters. The maximum absolute atomic E-state index is 12.5. The van der Waals surface area contributed by atoms with E-state index in [-0.39, 0.29) is 18.4 Å². The van der Waals surface area contributed by atoms with E-state index in [1.54, 1.807) is 13.8 Å². The fourth-order valence-corrected chi connectivity index (χ4v) is 1.94. The minimum Gasteiger partial charge on any atom is -0.332 e. The largest absolute Gasteiger partial charge is 0.417 e. The lowest BCUT2D eigenvalue weighted by molar-refractivity contribution is -0.137. The van der Waals surface area contributed by atoms with E-state index in [4.69, 9.17) is 0 Å². The third kappa shape index (κ3) is 2.32. The van der Waals surface area contributed by atoms with Crippen LogP contribution in [0.2, 0.25) is 0 Å². The molecule has 0 spiro atoms. The summed E-state index contributed by atoms with van der Waals surface area (Å²) >= 11 is 0. The Morgan fingerprint density at radius 3 is 2.61 bits per heavy atom. The maximum atomic E-state index is 12.5. The molecule has 0 aromatic carbocycles. The molecule has 1 aliphatic rings. The smallest absolute Gasteiger partial charge is 0.332 e. The number of carbonyl (C=O) groups excluding carboxylic acids is 1. The summed E-state index contributed by atoms with van der Waals surface area (Å²) in [5.74, 6) is -0.233. The second-order valence-electron chi connectivity index (χ2n) is 4.68. The van der Waals surface area contributed by atoms with Gasteiger partial charge in [-0.15, -0.1) is 0 Å². The van der Waals surface area contributed by atoms with E-state index in [1.165, 1.54) is 4.90 Å². The first-order chi connectivity index (χ1) is 8.29. The van der Waals surface area contributed by atoms with Crippen LogP contribution in [-0.4, -0.2) is 15.8 Å². The van der Waals surface area contributed by atoms with E-state index in [9.17, 15) is 18.0 Å². The Labute approximate surface area is 103 Å². The van der Waals surface area contributed by atoms with Gasteiger partial charge in [-0.1, -0.05) is 13.8 Å². The number of hydrogen-bond acceptors (Lipinski definition) is 2. The van der Waals surface area contributed by atoms with E-state index in [0.29, 0.717) is 17.8 Å². The van der Waals surface area contributed by atoms with Crippen LogP contribution in [0.25, 0.3) is 0 Å². The van der Waals surface area contributed by atoms with Gasteiger partial charge in [0.1, 0.15) is 0 Å². The van der Waals surface area contributed by atoms with E-state index >= 15 is 0 Å². The molecule has 2 heterocycles. The number of nitrogens with zero attached hydrogens (tertiary/aromatic N) is 2. The number of halogens is 3. The quantitative estimate of drug-likeness (QED) is 0.775. The van der Waals surface area contributed by atoms with Gasteiger partial charge in [0, 0.05) is 18.7 Å². The zero-order valence-corrected chi connectivity index (χ0v) is 10.1. The van der Waals surface area contributed by atoms with Crippen molar-refractivity contribution in [1.29, 1.82) is 0 Å². The van der Waals surface area contributed by atoms with Crippen molar-refractivity contribution in [3.63, 3.8) is 0 Å². The van der Waals surface area contributed by atoms with Gasteiger partial charge in [-0.25, -0.2) is 0 Å². The fraction of sp³-hybridized carbons (Fsp3) is 0.500. The van der Waals surface area contributed by atoms with E-state index in [0.717, 1.165) is 12.3 Å². The Balaban J connectivity index is 2.23. The van der Waals surface area contributed by atoms with Gasteiger partial charge in [0.15, 0.2) is 0 Å². The van der Waals surface area contributed by atoms with Gasteiger partial charge < -0.3 is 4.90 Å². The summed E-state index contributed by atoms with van der Waals surface area (Å²) in [7, 11) is 0. The average molecular weight is 258 g/mol. The molecule has 98 valence electrons. The molecule has 0 N–H and O–H groups in total. The van der Waals surface area contributed by atoms with Crippen LogP contribution >= 0.6 is 0 Å². The number of alkyl halides is 3. The van der Waals surface area contributed by atoms with Crippen LogP contribution < -0.4 is 0 Å². The fourth-order valence-electron chi connectivity index (χ4n) is 1.94. The molecular formula is C12H13F3N2O. The molecule has 0 saturated carbocycles. The van der Waals surface area contributed by atoms with Crippen LogP contribution in [0.15, 0.2) is 12.3 Å². The highest BCUT2D eigenvalue weighted by atomic mass is 19.4. The molecule has 1 aromatic rings. The monoisotopic (exact) mass is 258 g/mol. The Kier molecular flexibility index (Phi) is 3.04. The van der Waals surface area contributed by atoms with Crippen molar-refractivity contribution in [3.05, 3.63) is 29.1 Å². The van der Waals surface area contributed by atoms with Gasteiger partial charge in [0.05, 0.1) is 17.8 Å². The Morgan fingerprint density at radius 1 is 1.39 bits per heavy atom. The normalized spacial score (nSPS) is 15.1. The first-order valence-corrected chi connectivity index (χ1v) is 5.63. The van der Waals surface area contributed by atoms with E-state index in [2.05, 4.69) is 4.98 Å². The minimum atomic E-state index is -4.39. The summed E-state index contributed by atoms with van der Waals surface area (Å²) in [5, 5.41) is 0. The number of aromatic nitrogens is 1. The third-order valence-electron chi connectivity index (χ3n) is 2.89. The van der Waals surface area contributed by atoms with Gasteiger partial charge in [-0.2, -0.15) is 13.2 Å². The lowest BCUT2D eigenvalue weighted by Crippen LogP contribution is -2.29. The molecule has 0 fully saturated rings. The third-order valence-corrected chi connectivity index (χ3v) is 2.89. The first kappa shape index (κ1) is 12.9. The number of fused-ring (bicyclic) bond motifs is 1. The SMILES string of the molecule is CC(C)C(=O)N1Cc2cc(C(F)(F)F)cnc2C1. The van der Waals surface area contributed by atoms with Gasteiger partial charge in [0.25, 0.3) is 0 Å². The summed E-state index contributed by atoms with van der Waals surface area (Å²) in [4.78, 5) is 17.1. The number of hydrogen-bond donors (Lipinski definition) is 0. The second-order valence-corrected chi connectivity index (χ2v) is 4.68. The highest BCUT2D eigenvalue weighted by Crippen LogP contribution is 2.32. The molecule has 0 radical (unpaired) electrons. The predicted molar refractivity (Wildman–Crippen MR) is 58.3 cm³/mol. The first-order valence-electron chi connectivity index (χ1n) is 5.63. The van der Waals surface area contributed by atoms with Crippen LogP contribution in [0.4, 0.5) is 13.2 Å². The van der Waals surface area contributed by atoms with Crippen LogP contribution in [0.3, 0.4) is 0 Å². The van der Waals surface area contributed by atoms with Crippen molar-refractivity contribution in [3.8, 4) is 0 Å². The summed E-state index contributed by atoms with van der Waals surface area (Å²) in [6.07, 6.45) is -3.57. The second kappa shape index (κ2) is 4.26. The molecule has 0 saturated heterocycles. The molecule has 0 bridgehead atoms. The van der Waals surface area contributed by atoms with Crippen molar-refractivity contribution >= 4 is 5.91 Å². The Bertz CT molecular complexity index is 483. The van der Waals surface area contributed by atoms with E-state index < -0.39 is 11.7 Å². The molecule has 1 aromatic heterocycles. The molecule has 2 rings (SSSR count). The van der Waals surface area contributed by atoms with Crippen molar-refractivity contribution in [2.45, 2.75) is 33.1 Å². The molecular weight excluding hydrogens is 245 g/mol. The topological polar surface area (TPSA) is 33.2 Å². The zero-order chi connectivity index (χ0) is 13.5. The minimum absolute atomic E-state index is 0.0680. The summed E-state index contributed by atoms with van der Waals surface area (Å²) in [6.45, 7) is 4.04. The van der Waals surface area contributed by atoms with Crippen molar-refractivity contribution in [1.82, 2.24) is 9.88 Å². The lowest BCUT2D eigenvalue weighted by atomic mass is 10.1. The van der Waals surface area contributed by atoms with Gasteiger partial charge in [0.2, 0.25) is 5.91 Å². The maximum Gasteiger partial charge on any atom is 0.417 e. The van der Waals surface area contributed by atoms with Crippen LogP contribution in [0.5, 0.6) is 0 Å².